The zero-order valence-corrected chi connectivity index (χ0v) is 14.0. The second-order valence-electron chi connectivity index (χ2n) is 5.66. The summed E-state index contributed by atoms with van der Waals surface area (Å²) in [7, 11) is 1.57. The molecule has 5 heteroatoms. The molecule has 0 N–H and O–H groups in total. The zero-order valence-electron chi connectivity index (χ0n) is 14.0. The Hall–Kier alpha value is -2.79. The molecule has 0 aromatic heterocycles. The first-order valence-corrected chi connectivity index (χ1v) is 8.01. The number of benzene rings is 2. The van der Waals surface area contributed by atoms with Crippen LogP contribution in [-0.4, -0.2) is 27.0 Å². The standard InChI is InChI=1S/C20H20O5/c1-22-13-24-19-8-7-16(11-21)10-17(19)18(20-12-23-14-25-20)9-15-5-3-2-4-6-15/h2-8,10-12,18H,9,13-14H2,1H3. The van der Waals surface area contributed by atoms with Gasteiger partial charge in [0.2, 0.25) is 6.79 Å². The van der Waals surface area contributed by atoms with Gasteiger partial charge in [-0.25, -0.2) is 0 Å². The summed E-state index contributed by atoms with van der Waals surface area (Å²) < 4.78 is 21.6. The van der Waals surface area contributed by atoms with Crippen molar-refractivity contribution >= 4 is 6.29 Å². The van der Waals surface area contributed by atoms with Crippen molar-refractivity contribution < 1.29 is 23.7 Å². The number of ether oxygens (including phenoxy) is 4. The SMILES string of the molecule is COCOc1ccc(C=O)cc1C(Cc1ccccc1)C1=COCO1. The highest BCUT2D eigenvalue weighted by molar-refractivity contribution is 5.76. The molecule has 2 aromatic rings. The summed E-state index contributed by atoms with van der Waals surface area (Å²) in [6, 6.07) is 15.4. The number of hydrogen-bond acceptors (Lipinski definition) is 5. The highest BCUT2D eigenvalue weighted by Crippen LogP contribution is 2.37. The molecule has 0 bridgehead atoms. The fraction of sp³-hybridized carbons (Fsp3) is 0.250. The van der Waals surface area contributed by atoms with Crippen molar-refractivity contribution in [3.8, 4) is 5.75 Å². The van der Waals surface area contributed by atoms with E-state index in [-0.39, 0.29) is 19.5 Å². The van der Waals surface area contributed by atoms with Gasteiger partial charge in [-0.05, 0) is 30.2 Å². The Balaban J connectivity index is 2.00. The van der Waals surface area contributed by atoms with Gasteiger partial charge in [0, 0.05) is 18.2 Å². The molecular weight excluding hydrogens is 320 g/mol. The average Bonchev–Trinajstić information content (AvgIpc) is 3.20. The van der Waals surface area contributed by atoms with Crippen LogP contribution in [0, 0.1) is 0 Å². The molecule has 0 saturated heterocycles. The minimum absolute atomic E-state index is 0.127. The summed E-state index contributed by atoms with van der Waals surface area (Å²) in [5.74, 6) is 1.25. The molecule has 0 saturated carbocycles. The molecule has 130 valence electrons. The molecule has 1 aliphatic rings. The van der Waals surface area contributed by atoms with Crippen molar-refractivity contribution in [1.29, 1.82) is 0 Å². The molecule has 0 radical (unpaired) electrons. The fourth-order valence-corrected chi connectivity index (χ4v) is 2.81. The Morgan fingerprint density at radius 1 is 1.20 bits per heavy atom. The van der Waals surface area contributed by atoms with E-state index in [2.05, 4.69) is 12.1 Å². The zero-order chi connectivity index (χ0) is 17.5. The predicted octanol–water partition coefficient (Wildman–Crippen LogP) is 3.65. The summed E-state index contributed by atoms with van der Waals surface area (Å²) in [5, 5.41) is 0. The van der Waals surface area contributed by atoms with Gasteiger partial charge in [0.25, 0.3) is 0 Å². The number of rotatable bonds is 8. The van der Waals surface area contributed by atoms with Crippen molar-refractivity contribution in [1.82, 2.24) is 0 Å². The van der Waals surface area contributed by atoms with Crippen LogP contribution in [0.5, 0.6) is 5.75 Å². The molecule has 0 amide bonds. The van der Waals surface area contributed by atoms with Crippen molar-refractivity contribution in [2.24, 2.45) is 0 Å². The van der Waals surface area contributed by atoms with Crippen LogP contribution < -0.4 is 4.74 Å². The number of hydrogen-bond donors (Lipinski definition) is 0. The van der Waals surface area contributed by atoms with Crippen LogP contribution in [-0.2, 0) is 20.6 Å². The molecule has 25 heavy (non-hydrogen) atoms. The first kappa shape index (κ1) is 17.0. The third-order valence-corrected chi connectivity index (χ3v) is 4.00. The number of carbonyl (C=O) groups is 1. The molecule has 2 aromatic carbocycles. The highest BCUT2D eigenvalue weighted by atomic mass is 16.7. The first-order valence-electron chi connectivity index (χ1n) is 8.01. The quantitative estimate of drug-likeness (QED) is 0.542. The van der Waals surface area contributed by atoms with E-state index in [1.165, 1.54) is 0 Å². The van der Waals surface area contributed by atoms with Gasteiger partial charge in [-0.2, -0.15) is 0 Å². The lowest BCUT2D eigenvalue weighted by atomic mass is 9.89. The largest absolute Gasteiger partial charge is 0.467 e. The smallest absolute Gasteiger partial charge is 0.229 e. The van der Waals surface area contributed by atoms with E-state index in [9.17, 15) is 4.79 Å². The van der Waals surface area contributed by atoms with Crippen LogP contribution in [0.15, 0.2) is 60.6 Å². The number of aldehydes is 1. The third-order valence-electron chi connectivity index (χ3n) is 4.00. The summed E-state index contributed by atoms with van der Waals surface area (Å²) in [4.78, 5) is 11.3. The van der Waals surface area contributed by atoms with Crippen molar-refractivity contribution in [3.05, 3.63) is 77.2 Å². The van der Waals surface area contributed by atoms with Crippen LogP contribution >= 0.6 is 0 Å². The summed E-state index contributed by atoms with van der Waals surface area (Å²) in [5.41, 5.74) is 2.60. The van der Waals surface area contributed by atoms with E-state index in [0.717, 1.165) is 17.4 Å². The van der Waals surface area contributed by atoms with E-state index in [1.807, 2.05) is 24.3 Å². The summed E-state index contributed by atoms with van der Waals surface area (Å²) in [6.45, 7) is 0.324. The molecule has 1 aliphatic heterocycles. The van der Waals surface area contributed by atoms with Gasteiger partial charge in [0.05, 0.1) is 5.92 Å². The lowest BCUT2D eigenvalue weighted by Crippen LogP contribution is -2.11. The Morgan fingerprint density at radius 2 is 2.04 bits per heavy atom. The Kier molecular flexibility index (Phi) is 5.69. The number of allylic oxidation sites excluding steroid dienone is 1. The molecule has 1 atom stereocenters. The molecule has 1 unspecified atom stereocenters. The number of methoxy groups -OCH3 is 1. The molecule has 5 nitrogen and oxygen atoms in total. The van der Waals surface area contributed by atoms with Gasteiger partial charge >= 0.3 is 0 Å². The lowest BCUT2D eigenvalue weighted by Gasteiger charge is -2.21. The predicted molar refractivity (Wildman–Crippen MR) is 92.3 cm³/mol. The van der Waals surface area contributed by atoms with Gasteiger partial charge in [-0.15, -0.1) is 0 Å². The maximum atomic E-state index is 11.3. The van der Waals surface area contributed by atoms with Crippen molar-refractivity contribution in [2.75, 3.05) is 20.7 Å². The molecule has 0 aliphatic carbocycles. The third kappa shape index (κ3) is 4.19. The minimum Gasteiger partial charge on any atom is -0.467 e. The molecular formula is C20H20O5. The van der Waals surface area contributed by atoms with Gasteiger partial charge in [0.15, 0.2) is 6.79 Å². The van der Waals surface area contributed by atoms with E-state index >= 15 is 0 Å². The number of carbonyl (C=O) groups excluding carboxylic acids is 1. The van der Waals surface area contributed by atoms with Crippen molar-refractivity contribution in [2.45, 2.75) is 12.3 Å². The second kappa shape index (κ2) is 8.35. The minimum atomic E-state index is -0.128. The van der Waals surface area contributed by atoms with Gasteiger partial charge in [0.1, 0.15) is 24.1 Å². The van der Waals surface area contributed by atoms with Crippen LogP contribution in [0.4, 0.5) is 0 Å². The van der Waals surface area contributed by atoms with E-state index in [4.69, 9.17) is 18.9 Å². The van der Waals surface area contributed by atoms with Crippen LogP contribution in [0.3, 0.4) is 0 Å². The van der Waals surface area contributed by atoms with E-state index in [0.29, 0.717) is 23.5 Å². The Bertz CT molecular complexity index is 739. The lowest BCUT2D eigenvalue weighted by molar-refractivity contribution is 0.0494. The average molecular weight is 340 g/mol. The van der Waals surface area contributed by atoms with Crippen LogP contribution in [0.2, 0.25) is 0 Å². The van der Waals surface area contributed by atoms with Crippen molar-refractivity contribution in [3.63, 3.8) is 0 Å². The monoisotopic (exact) mass is 340 g/mol. The molecule has 3 rings (SSSR count). The summed E-state index contributed by atoms with van der Waals surface area (Å²) in [6.07, 6.45) is 3.15. The van der Waals surface area contributed by atoms with Gasteiger partial charge in [-0.3, -0.25) is 4.79 Å². The van der Waals surface area contributed by atoms with Gasteiger partial charge < -0.3 is 18.9 Å². The maximum Gasteiger partial charge on any atom is 0.229 e. The molecule has 0 spiro atoms. The first-order chi connectivity index (χ1) is 12.3. The molecule has 0 fully saturated rings. The fourth-order valence-electron chi connectivity index (χ4n) is 2.81. The van der Waals surface area contributed by atoms with Gasteiger partial charge in [-0.1, -0.05) is 30.3 Å². The normalized spacial score (nSPS) is 14.2. The Labute approximate surface area is 146 Å². The second-order valence-corrected chi connectivity index (χ2v) is 5.66. The topological polar surface area (TPSA) is 54.0 Å². The molecule has 1 heterocycles. The maximum absolute atomic E-state index is 11.3. The van der Waals surface area contributed by atoms with E-state index in [1.54, 1.807) is 25.5 Å². The summed E-state index contributed by atoms with van der Waals surface area (Å²) >= 11 is 0. The van der Waals surface area contributed by atoms with Crippen LogP contribution in [0.25, 0.3) is 0 Å². The Morgan fingerprint density at radius 3 is 2.72 bits per heavy atom. The van der Waals surface area contributed by atoms with Crippen LogP contribution in [0.1, 0.15) is 27.4 Å². The highest BCUT2D eigenvalue weighted by Gasteiger charge is 2.26. The van der Waals surface area contributed by atoms with E-state index < -0.39 is 0 Å².